The van der Waals surface area contributed by atoms with Gasteiger partial charge in [-0.1, -0.05) is 42.4 Å². The zero-order valence-corrected chi connectivity index (χ0v) is 18.1. The van der Waals surface area contributed by atoms with Crippen LogP contribution in [0.25, 0.3) is 16.6 Å². The van der Waals surface area contributed by atoms with E-state index >= 15 is 0 Å². The van der Waals surface area contributed by atoms with Crippen molar-refractivity contribution in [2.45, 2.75) is 40.2 Å². The van der Waals surface area contributed by atoms with E-state index in [-0.39, 0.29) is 17.7 Å². The van der Waals surface area contributed by atoms with Crippen molar-refractivity contribution in [2.75, 3.05) is 6.54 Å². The summed E-state index contributed by atoms with van der Waals surface area (Å²) >= 11 is 3.63. The molecule has 2 heterocycles. The van der Waals surface area contributed by atoms with Gasteiger partial charge in [0.15, 0.2) is 0 Å². The van der Waals surface area contributed by atoms with Gasteiger partial charge in [0.25, 0.3) is 0 Å². The molecule has 0 radical (unpaired) electrons. The number of aromatic nitrogens is 1. The second-order valence-electron chi connectivity index (χ2n) is 7.56. The number of hydrogen-bond donors (Lipinski definition) is 2. The first-order valence-electron chi connectivity index (χ1n) is 9.56. The fraction of sp³-hybridized carbons (Fsp3) is 0.409. The van der Waals surface area contributed by atoms with E-state index in [1.54, 1.807) is 0 Å². The first-order valence-corrected chi connectivity index (χ1v) is 10.4. The Morgan fingerprint density at radius 1 is 1.41 bits per heavy atom. The molecule has 0 spiro atoms. The minimum absolute atomic E-state index is 0.0903. The highest BCUT2D eigenvalue weighted by Gasteiger charge is 2.28. The number of benzene rings is 1. The van der Waals surface area contributed by atoms with Gasteiger partial charge in [0, 0.05) is 45.6 Å². The van der Waals surface area contributed by atoms with Crippen LogP contribution in [0.4, 0.5) is 0 Å². The molecule has 0 aliphatic carbocycles. The van der Waals surface area contributed by atoms with Crippen molar-refractivity contribution in [2.24, 2.45) is 11.8 Å². The van der Waals surface area contributed by atoms with Crippen molar-refractivity contribution in [3.05, 3.63) is 52.8 Å². The molecular formula is C22H28BrN3O. The monoisotopic (exact) mass is 429 g/mol. The van der Waals surface area contributed by atoms with Crippen molar-refractivity contribution in [3.63, 3.8) is 0 Å². The van der Waals surface area contributed by atoms with E-state index in [4.69, 9.17) is 0 Å². The third kappa shape index (κ3) is 3.98. The number of rotatable bonds is 6. The number of allylic oxidation sites excluding steroid dienone is 2. The Balaban J connectivity index is 1.81. The molecule has 2 N–H and O–H groups in total. The summed E-state index contributed by atoms with van der Waals surface area (Å²) in [5, 5.41) is 7.58. The Labute approximate surface area is 169 Å². The number of carbonyl (C=O) groups is 1. The van der Waals surface area contributed by atoms with E-state index in [0.717, 1.165) is 27.9 Å². The molecule has 4 nitrogen and oxygen atoms in total. The van der Waals surface area contributed by atoms with Crippen molar-refractivity contribution < 1.29 is 4.79 Å². The van der Waals surface area contributed by atoms with E-state index in [9.17, 15) is 4.79 Å². The average molecular weight is 430 g/mol. The van der Waals surface area contributed by atoms with Gasteiger partial charge in [0.1, 0.15) is 0 Å². The predicted molar refractivity (Wildman–Crippen MR) is 116 cm³/mol. The number of amides is 1. The van der Waals surface area contributed by atoms with E-state index < -0.39 is 0 Å². The van der Waals surface area contributed by atoms with Crippen LogP contribution in [0.3, 0.4) is 0 Å². The molecule has 0 saturated carbocycles. The second kappa shape index (κ2) is 7.93. The minimum Gasteiger partial charge on any atom is -0.384 e. The van der Waals surface area contributed by atoms with Crippen LogP contribution in [0.2, 0.25) is 0 Å². The lowest BCUT2D eigenvalue weighted by molar-refractivity contribution is -0.125. The Kier molecular flexibility index (Phi) is 5.80. The van der Waals surface area contributed by atoms with Gasteiger partial charge in [-0.2, -0.15) is 0 Å². The lowest BCUT2D eigenvalue weighted by Crippen LogP contribution is -2.42. The topological polar surface area (TPSA) is 46.1 Å². The predicted octanol–water partition coefficient (Wildman–Crippen LogP) is 5.22. The molecule has 0 saturated heterocycles. The third-order valence-corrected chi connectivity index (χ3v) is 5.78. The zero-order valence-electron chi connectivity index (χ0n) is 16.5. The molecule has 1 amide bonds. The summed E-state index contributed by atoms with van der Waals surface area (Å²) in [7, 11) is 0. The minimum atomic E-state index is -0.0973. The van der Waals surface area contributed by atoms with Crippen LogP contribution in [0.5, 0.6) is 0 Å². The molecule has 27 heavy (non-hydrogen) atoms. The van der Waals surface area contributed by atoms with Crippen molar-refractivity contribution >= 4 is 38.4 Å². The summed E-state index contributed by atoms with van der Waals surface area (Å²) in [5.74, 6) is 0.200. The SMILES string of the molecule is C=C(NCC1C(=O)NC(CC)=CC1C)c1cc(Br)cc2c1ccn2C(C)C. The van der Waals surface area contributed by atoms with Gasteiger partial charge < -0.3 is 15.2 Å². The fourth-order valence-corrected chi connectivity index (χ4v) is 4.15. The van der Waals surface area contributed by atoms with Crippen LogP contribution in [-0.2, 0) is 4.79 Å². The van der Waals surface area contributed by atoms with Gasteiger partial charge in [-0.15, -0.1) is 0 Å². The van der Waals surface area contributed by atoms with Crippen LogP contribution >= 0.6 is 15.9 Å². The molecular weight excluding hydrogens is 402 g/mol. The van der Waals surface area contributed by atoms with Crippen molar-refractivity contribution in [1.29, 1.82) is 0 Å². The highest BCUT2D eigenvalue weighted by atomic mass is 79.9. The maximum absolute atomic E-state index is 12.4. The molecule has 3 rings (SSSR count). The highest BCUT2D eigenvalue weighted by molar-refractivity contribution is 9.10. The molecule has 2 unspecified atom stereocenters. The molecule has 5 heteroatoms. The van der Waals surface area contributed by atoms with E-state index in [0.29, 0.717) is 12.6 Å². The van der Waals surface area contributed by atoms with Crippen LogP contribution in [-0.4, -0.2) is 17.0 Å². The Hall–Kier alpha value is -2.01. The number of hydrogen-bond acceptors (Lipinski definition) is 2. The number of halogens is 1. The first kappa shape index (κ1) is 19.7. The van der Waals surface area contributed by atoms with Crippen LogP contribution < -0.4 is 10.6 Å². The smallest absolute Gasteiger partial charge is 0.229 e. The summed E-state index contributed by atoms with van der Waals surface area (Å²) in [4.78, 5) is 12.4. The number of nitrogens with zero attached hydrogens (tertiary/aromatic N) is 1. The Bertz CT molecular complexity index is 910. The Morgan fingerprint density at radius 2 is 2.15 bits per heavy atom. The number of nitrogens with one attached hydrogen (secondary N) is 2. The molecule has 1 aliphatic heterocycles. The van der Waals surface area contributed by atoms with Gasteiger partial charge in [-0.05, 0) is 44.4 Å². The van der Waals surface area contributed by atoms with Gasteiger partial charge in [-0.25, -0.2) is 0 Å². The molecule has 0 bridgehead atoms. The normalized spacial score (nSPS) is 19.9. The summed E-state index contributed by atoms with van der Waals surface area (Å²) < 4.78 is 3.28. The molecule has 1 aromatic carbocycles. The number of fused-ring (bicyclic) bond motifs is 1. The zero-order chi connectivity index (χ0) is 19.7. The maximum atomic E-state index is 12.4. The van der Waals surface area contributed by atoms with Gasteiger partial charge >= 0.3 is 0 Å². The van der Waals surface area contributed by atoms with Gasteiger partial charge in [0.05, 0.1) is 11.4 Å². The quantitative estimate of drug-likeness (QED) is 0.660. The third-order valence-electron chi connectivity index (χ3n) is 5.32. The lowest BCUT2D eigenvalue weighted by Gasteiger charge is -2.28. The Morgan fingerprint density at radius 3 is 2.78 bits per heavy atom. The second-order valence-corrected chi connectivity index (χ2v) is 8.48. The van der Waals surface area contributed by atoms with Crippen LogP contribution in [0.15, 0.2) is 47.2 Å². The summed E-state index contributed by atoms with van der Waals surface area (Å²) in [6.45, 7) is 13.3. The molecule has 2 atom stereocenters. The van der Waals surface area contributed by atoms with E-state index in [1.165, 1.54) is 10.9 Å². The molecule has 2 aromatic rings. The molecule has 0 fully saturated rings. The molecule has 1 aliphatic rings. The summed E-state index contributed by atoms with van der Waals surface area (Å²) in [5.41, 5.74) is 4.10. The van der Waals surface area contributed by atoms with E-state index in [2.05, 4.69) is 95.9 Å². The van der Waals surface area contributed by atoms with Gasteiger partial charge in [-0.3, -0.25) is 4.79 Å². The summed E-state index contributed by atoms with van der Waals surface area (Å²) in [6.07, 6.45) is 5.13. The first-order chi connectivity index (χ1) is 12.8. The standard InChI is InChI=1S/C22H28BrN3O/c1-6-17-9-14(4)20(22(27)25-17)12-24-15(5)19-10-16(23)11-21-18(19)7-8-26(21)13(2)3/h7-11,13-14,20,24H,5-6,12H2,1-4H3,(H,25,27). The van der Waals surface area contributed by atoms with Crippen molar-refractivity contribution in [3.8, 4) is 0 Å². The van der Waals surface area contributed by atoms with E-state index in [1.807, 2.05) is 0 Å². The fourth-order valence-electron chi connectivity index (χ4n) is 3.71. The van der Waals surface area contributed by atoms with Crippen molar-refractivity contribution in [1.82, 2.24) is 15.2 Å². The molecule has 144 valence electrons. The largest absolute Gasteiger partial charge is 0.384 e. The number of carbonyl (C=O) groups excluding carboxylic acids is 1. The van der Waals surface area contributed by atoms with Crippen LogP contribution in [0.1, 0.15) is 45.7 Å². The molecule has 1 aromatic heterocycles. The van der Waals surface area contributed by atoms with Crippen LogP contribution in [0, 0.1) is 11.8 Å². The van der Waals surface area contributed by atoms with Gasteiger partial charge in [0.2, 0.25) is 5.91 Å². The maximum Gasteiger partial charge on any atom is 0.229 e. The average Bonchev–Trinajstić information content (AvgIpc) is 3.03. The summed E-state index contributed by atoms with van der Waals surface area (Å²) in [6, 6.07) is 6.75. The lowest BCUT2D eigenvalue weighted by atomic mass is 9.88. The highest BCUT2D eigenvalue weighted by Crippen LogP contribution is 2.31.